The van der Waals surface area contributed by atoms with E-state index in [-0.39, 0.29) is 11.8 Å². The fourth-order valence-electron chi connectivity index (χ4n) is 2.77. The van der Waals surface area contributed by atoms with Crippen molar-refractivity contribution in [2.45, 2.75) is 26.3 Å². The van der Waals surface area contributed by atoms with Crippen molar-refractivity contribution in [1.82, 2.24) is 10.2 Å². The van der Waals surface area contributed by atoms with E-state index in [1.54, 1.807) is 4.90 Å². The van der Waals surface area contributed by atoms with Crippen molar-refractivity contribution in [2.24, 2.45) is 11.3 Å². The highest BCUT2D eigenvalue weighted by molar-refractivity contribution is 7.99. The molecule has 0 aromatic heterocycles. The Hall–Kier alpha value is -0.750. The molecule has 2 rings (SSSR count). The van der Waals surface area contributed by atoms with Crippen LogP contribution in [0.25, 0.3) is 0 Å². The molecule has 0 aromatic carbocycles. The van der Waals surface area contributed by atoms with Crippen LogP contribution >= 0.6 is 11.8 Å². The zero-order valence-electron chi connectivity index (χ0n) is 10.8. The van der Waals surface area contributed by atoms with Gasteiger partial charge in [-0.05, 0) is 18.9 Å². The molecule has 6 heteroatoms. The van der Waals surface area contributed by atoms with Crippen molar-refractivity contribution in [1.29, 1.82) is 0 Å². The predicted octanol–water partition coefficient (Wildman–Crippen LogP) is 0.608. The molecule has 0 bridgehead atoms. The molecule has 0 spiro atoms. The highest BCUT2D eigenvalue weighted by Gasteiger charge is 2.49. The Labute approximate surface area is 111 Å². The van der Waals surface area contributed by atoms with Gasteiger partial charge in [0, 0.05) is 12.3 Å². The van der Waals surface area contributed by atoms with Gasteiger partial charge in [-0.1, -0.05) is 13.8 Å². The molecule has 0 radical (unpaired) electrons. The summed E-state index contributed by atoms with van der Waals surface area (Å²) in [7, 11) is 0. The van der Waals surface area contributed by atoms with Crippen LogP contribution in [0.4, 0.5) is 0 Å². The van der Waals surface area contributed by atoms with Crippen LogP contribution in [0.15, 0.2) is 0 Å². The third kappa shape index (κ3) is 2.12. The molecule has 5 nitrogen and oxygen atoms in total. The van der Waals surface area contributed by atoms with Crippen LogP contribution in [0, 0.1) is 11.3 Å². The Bertz CT molecular complexity index is 353. The quantitative estimate of drug-likeness (QED) is 0.788. The van der Waals surface area contributed by atoms with E-state index in [9.17, 15) is 14.7 Å². The zero-order valence-corrected chi connectivity index (χ0v) is 11.6. The fourth-order valence-corrected chi connectivity index (χ4v) is 3.91. The molecule has 2 saturated heterocycles. The van der Waals surface area contributed by atoms with Crippen molar-refractivity contribution < 1.29 is 14.7 Å². The average molecular weight is 272 g/mol. The highest BCUT2D eigenvalue weighted by Crippen LogP contribution is 2.38. The predicted molar refractivity (Wildman–Crippen MR) is 70.4 cm³/mol. The number of carboxylic acid groups (broad SMARTS) is 1. The Balaban J connectivity index is 2.21. The van der Waals surface area contributed by atoms with Gasteiger partial charge in [-0.25, -0.2) is 4.79 Å². The molecule has 0 aliphatic carbocycles. The number of nitrogens with zero attached hydrogens (tertiary/aromatic N) is 1. The summed E-state index contributed by atoms with van der Waals surface area (Å²) in [5.74, 6) is 0.352. The minimum Gasteiger partial charge on any atom is -0.480 e. The topological polar surface area (TPSA) is 69.6 Å². The molecular weight excluding hydrogens is 252 g/mol. The summed E-state index contributed by atoms with van der Waals surface area (Å²) in [4.78, 5) is 25.5. The lowest BCUT2D eigenvalue weighted by Gasteiger charge is -2.36. The van der Waals surface area contributed by atoms with Gasteiger partial charge in [0.15, 0.2) is 0 Å². The molecule has 2 atom stereocenters. The molecule has 2 fully saturated rings. The highest BCUT2D eigenvalue weighted by atomic mass is 32.2. The second-order valence-corrected chi connectivity index (χ2v) is 6.37. The average Bonchev–Trinajstić information content (AvgIpc) is 2.98. The van der Waals surface area contributed by atoms with Gasteiger partial charge in [0.05, 0.1) is 11.3 Å². The van der Waals surface area contributed by atoms with Crippen molar-refractivity contribution in [3.05, 3.63) is 0 Å². The van der Waals surface area contributed by atoms with Gasteiger partial charge in [-0.3, -0.25) is 4.79 Å². The SMILES string of the molecule is CC(C)C1(C(=O)N2CSC[C@H]2C(=O)O)CCNC1. The van der Waals surface area contributed by atoms with E-state index < -0.39 is 17.4 Å². The number of hydrogen-bond donors (Lipinski definition) is 2. The minimum atomic E-state index is -0.891. The van der Waals surface area contributed by atoms with E-state index in [0.717, 1.165) is 13.0 Å². The lowest BCUT2D eigenvalue weighted by Crippen LogP contribution is -2.52. The van der Waals surface area contributed by atoms with Crippen molar-refractivity contribution in [2.75, 3.05) is 24.7 Å². The maximum atomic E-state index is 12.7. The first-order valence-corrected chi connectivity index (χ1v) is 7.47. The van der Waals surface area contributed by atoms with Crippen LogP contribution in [0.1, 0.15) is 20.3 Å². The lowest BCUT2D eigenvalue weighted by molar-refractivity contribution is -0.153. The fraction of sp³-hybridized carbons (Fsp3) is 0.833. The van der Waals surface area contributed by atoms with Crippen LogP contribution < -0.4 is 5.32 Å². The largest absolute Gasteiger partial charge is 0.480 e. The van der Waals surface area contributed by atoms with Crippen LogP contribution in [0.3, 0.4) is 0 Å². The number of rotatable bonds is 3. The number of carboxylic acids is 1. The first kappa shape index (κ1) is 13.7. The van der Waals surface area contributed by atoms with E-state index in [1.807, 2.05) is 13.8 Å². The summed E-state index contributed by atoms with van der Waals surface area (Å²) in [5.41, 5.74) is -0.418. The summed E-state index contributed by atoms with van der Waals surface area (Å²) >= 11 is 1.52. The monoisotopic (exact) mass is 272 g/mol. The number of aliphatic carboxylic acids is 1. The number of thioether (sulfide) groups is 1. The van der Waals surface area contributed by atoms with Crippen molar-refractivity contribution in [3.63, 3.8) is 0 Å². The summed E-state index contributed by atoms with van der Waals surface area (Å²) in [6.07, 6.45) is 0.803. The van der Waals surface area contributed by atoms with Crippen molar-refractivity contribution >= 4 is 23.6 Å². The maximum absolute atomic E-state index is 12.7. The van der Waals surface area contributed by atoms with E-state index in [1.165, 1.54) is 11.8 Å². The minimum absolute atomic E-state index is 0.0138. The lowest BCUT2D eigenvalue weighted by atomic mass is 9.75. The van der Waals surface area contributed by atoms with Gasteiger partial charge in [0.25, 0.3) is 0 Å². The summed E-state index contributed by atoms with van der Waals surface area (Å²) in [6, 6.07) is -0.654. The normalized spacial score (nSPS) is 32.2. The number of carbonyl (C=O) groups excluding carboxylic acids is 1. The van der Waals surface area contributed by atoms with Gasteiger partial charge in [-0.15, -0.1) is 11.8 Å². The van der Waals surface area contributed by atoms with Gasteiger partial charge in [0.1, 0.15) is 6.04 Å². The molecule has 2 aliphatic heterocycles. The second-order valence-electron chi connectivity index (χ2n) is 5.37. The summed E-state index contributed by atoms with van der Waals surface area (Å²) in [5, 5.41) is 12.4. The standard InChI is InChI=1S/C12H20N2O3S/c1-8(2)12(3-4-13-6-12)11(17)14-7-18-5-9(14)10(15)16/h8-9,13H,3-7H2,1-2H3,(H,15,16)/t9-,12?/m0/s1. The first-order valence-electron chi connectivity index (χ1n) is 6.31. The van der Waals surface area contributed by atoms with Gasteiger partial charge >= 0.3 is 5.97 Å². The van der Waals surface area contributed by atoms with Gasteiger partial charge < -0.3 is 15.3 Å². The Kier molecular flexibility index (Phi) is 3.87. The van der Waals surface area contributed by atoms with Crippen LogP contribution in [-0.2, 0) is 9.59 Å². The van der Waals surface area contributed by atoms with Crippen LogP contribution in [0.5, 0.6) is 0 Å². The van der Waals surface area contributed by atoms with Crippen LogP contribution in [0.2, 0.25) is 0 Å². The van der Waals surface area contributed by atoms with Crippen molar-refractivity contribution in [3.8, 4) is 0 Å². The molecule has 2 N–H and O–H groups in total. The Morgan fingerprint density at radius 2 is 2.22 bits per heavy atom. The summed E-state index contributed by atoms with van der Waals surface area (Å²) in [6.45, 7) is 5.59. The first-order chi connectivity index (χ1) is 8.49. The smallest absolute Gasteiger partial charge is 0.327 e. The van der Waals surface area contributed by atoms with Gasteiger partial charge in [-0.2, -0.15) is 0 Å². The number of nitrogens with one attached hydrogen (secondary N) is 1. The third-order valence-corrected chi connectivity index (χ3v) is 5.16. The molecule has 2 aliphatic rings. The third-order valence-electron chi connectivity index (χ3n) is 4.15. The van der Waals surface area contributed by atoms with E-state index in [2.05, 4.69) is 5.32 Å². The maximum Gasteiger partial charge on any atom is 0.327 e. The van der Waals surface area contributed by atoms with E-state index >= 15 is 0 Å². The molecule has 0 saturated carbocycles. The Morgan fingerprint density at radius 1 is 1.50 bits per heavy atom. The Morgan fingerprint density at radius 3 is 2.72 bits per heavy atom. The molecule has 1 amide bonds. The molecule has 18 heavy (non-hydrogen) atoms. The van der Waals surface area contributed by atoms with Gasteiger partial charge in [0.2, 0.25) is 5.91 Å². The number of amides is 1. The summed E-state index contributed by atoms with van der Waals surface area (Å²) < 4.78 is 0. The number of hydrogen-bond acceptors (Lipinski definition) is 4. The molecule has 2 heterocycles. The van der Waals surface area contributed by atoms with E-state index in [4.69, 9.17) is 0 Å². The van der Waals surface area contributed by atoms with Crippen LogP contribution in [-0.4, -0.2) is 52.6 Å². The van der Waals surface area contributed by atoms with E-state index in [0.29, 0.717) is 18.2 Å². The molecule has 1 unspecified atom stereocenters. The molecule has 102 valence electrons. The zero-order chi connectivity index (χ0) is 13.3. The molecule has 0 aromatic rings. The number of carbonyl (C=O) groups is 2. The second kappa shape index (κ2) is 5.09. The molecular formula is C12H20N2O3S.